The number of benzene rings is 2. The van der Waals surface area contributed by atoms with Crippen molar-refractivity contribution in [1.29, 1.82) is 0 Å². The van der Waals surface area contributed by atoms with Crippen LogP contribution in [0, 0.1) is 12.7 Å². The van der Waals surface area contributed by atoms with Crippen molar-refractivity contribution in [2.45, 2.75) is 20.0 Å². The number of carbonyl (C=O) groups excluding carboxylic acids is 1. The number of aryl methyl sites for hydroxylation is 1. The molecule has 0 fully saturated rings. The van der Waals surface area contributed by atoms with Gasteiger partial charge in [-0.15, -0.1) is 0 Å². The highest BCUT2D eigenvalue weighted by Crippen LogP contribution is 2.25. The minimum absolute atomic E-state index is 0.167. The van der Waals surface area contributed by atoms with Gasteiger partial charge in [-0.1, -0.05) is 11.6 Å². The first-order valence-electron chi connectivity index (χ1n) is 10.3. The molecular formula is C24H23ClFN5O. The highest BCUT2D eigenvalue weighted by molar-refractivity contribution is 6.30. The lowest BCUT2D eigenvalue weighted by atomic mass is 9.97. The standard InChI is InChI=1S/C24H23ClFN5O/c1-15-2-3-27-14-22(15)18-6-16(13-31-24-28-4-5-29-24)7-19(10-18)23(32)30-12-17-8-20(25)11-21(26)9-17/h2-3,6-11,14H,4-5,12-13H2,1H3,(H,30,32)(H2,28,29,31). The van der Waals surface area contributed by atoms with E-state index in [1.807, 2.05) is 31.2 Å². The molecule has 0 saturated heterocycles. The highest BCUT2D eigenvalue weighted by atomic mass is 35.5. The zero-order chi connectivity index (χ0) is 22.5. The van der Waals surface area contributed by atoms with E-state index in [0.29, 0.717) is 22.7 Å². The summed E-state index contributed by atoms with van der Waals surface area (Å²) >= 11 is 5.91. The van der Waals surface area contributed by atoms with Crippen LogP contribution in [0.1, 0.15) is 27.0 Å². The molecule has 8 heteroatoms. The Labute approximate surface area is 190 Å². The normalized spacial score (nSPS) is 12.8. The van der Waals surface area contributed by atoms with Crippen molar-refractivity contribution >= 4 is 23.5 Å². The fraction of sp³-hybridized carbons (Fsp3) is 0.208. The Balaban J connectivity index is 1.58. The van der Waals surface area contributed by atoms with E-state index in [2.05, 4.69) is 25.9 Å². The van der Waals surface area contributed by atoms with Gasteiger partial charge in [-0.25, -0.2) is 4.39 Å². The molecule has 164 valence electrons. The lowest BCUT2D eigenvalue weighted by molar-refractivity contribution is 0.0950. The molecule has 0 saturated carbocycles. The quantitative estimate of drug-likeness (QED) is 0.532. The lowest BCUT2D eigenvalue weighted by Crippen LogP contribution is -2.33. The number of hydrogen-bond acceptors (Lipinski definition) is 5. The van der Waals surface area contributed by atoms with Crippen LogP contribution >= 0.6 is 11.6 Å². The van der Waals surface area contributed by atoms with Gasteiger partial charge in [0.05, 0.1) is 6.54 Å². The van der Waals surface area contributed by atoms with Crippen molar-refractivity contribution in [1.82, 2.24) is 20.9 Å². The van der Waals surface area contributed by atoms with Gasteiger partial charge in [-0.05, 0) is 71.6 Å². The smallest absolute Gasteiger partial charge is 0.251 e. The molecule has 0 radical (unpaired) electrons. The van der Waals surface area contributed by atoms with Crippen LogP contribution in [0.15, 0.2) is 59.9 Å². The fourth-order valence-corrected chi connectivity index (χ4v) is 3.79. The Kier molecular flexibility index (Phi) is 6.66. The summed E-state index contributed by atoms with van der Waals surface area (Å²) in [6.07, 6.45) is 3.53. The molecule has 4 rings (SSSR count). The first-order valence-corrected chi connectivity index (χ1v) is 10.7. The molecular weight excluding hydrogens is 429 g/mol. The SMILES string of the molecule is Cc1ccncc1-c1cc(CNC2=NCCN2)cc(C(=O)NCc2cc(F)cc(Cl)c2)c1. The number of aromatic nitrogens is 1. The van der Waals surface area contributed by atoms with Gasteiger partial charge in [0.1, 0.15) is 5.82 Å². The van der Waals surface area contributed by atoms with E-state index in [0.717, 1.165) is 41.3 Å². The summed E-state index contributed by atoms with van der Waals surface area (Å²) in [4.78, 5) is 21.5. The van der Waals surface area contributed by atoms with E-state index in [-0.39, 0.29) is 12.5 Å². The molecule has 1 aromatic heterocycles. The van der Waals surface area contributed by atoms with Gasteiger partial charge in [0.15, 0.2) is 5.96 Å². The van der Waals surface area contributed by atoms with Crippen molar-refractivity contribution in [3.63, 3.8) is 0 Å². The maximum Gasteiger partial charge on any atom is 0.251 e. The second-order valence-electron chi connectivity index (χ2n) is 7.58. The van der Waals surface area contributed by atoms with Crippen LogP contribution in [0.3, 0.4) is 0 Å². The molecule has 6 nitrogen and oxygen atoms in total. The van der Waals surface area contributed by atoms with Crippen LogP contribution in [-0.2, 0) is 13.1 Å². The number of hydrogen-bond donors (Lipinski definition) is 3. The zero-order valence-corrected chi connectivity index (χ0v) is 18.3. The summed E-state index contributed by atoms with van der Waals surface area (Å²) in [5.41, 5.74) is 4.95. The Bertz CT molecular complexity index is 1160. The summed E-state index contributed by atoms with van der Waals surface area (Å²) in [6.45, 7) is 4.25. The van der Waals surface area contributed by atoms with Crippen molar-refractivity contribution in [3.05, 3.63) is 88.0 Å². The minimum Gasteiger partial charge on any atom is -0.355 e. The third-order valence-electron chi connectivity index (χ3n) is 5.11. The molecule has 2 heterocycles. The van der Waals surface area contributed by atoms with Gasteiger partial charge in [-0.2, -0.15) is 0 Å². The van der Waals surface area contributed by atoms with Gasteiger partial charge in [-0.3, -0.25) is 14.8 Å². The Morgan fingerprint density at radius 1 is 1.16 bits per heavy atom. The van der Waals surface area contributed by atoms with Crippen LogP contribution in [-0.4, -0.2) is 29.9 Å². The molecule has 1 aliphatic heterocycles. The molecule has 3 aromatic rings. The second-order valence-corrected chi connectivity index (χ2v) is 8.02. The summed E-state index contributed by atoms with van der Waals surface area (Å²) in [5, 5.41) is 9.58. The first-order chi connectivity index (χ1) is 15.5. The summed E-state index contributed by atoms with van der Waals surface area (Å²) in [6, 6.07) is 11.9. The summed E-state index contributed by atoms with van der Waals surface area (Å²) in [5.74, 6) is 0.0564. The van der Waals surface area contributed by atoms with E-state index in [1.165, 1.54) is 12.1 Å². The largest absolute Gasteiger partial charge is 0.355 e. The van der Waals surface area contributed by atoms with E-state index < -0.39 is 5.82 Å². The topological polar surface area (TPSA) is 78.4 Å². The Hall–Kier alpha value is -3.45. The van der Waals surface area contributed by atoms with Gasteiger partial charge in [0, 0.05) is 48.2 Å². The third-order valence-corrected chi connectivity index (χ3v) is 5.33. The predicted octanol–water partition coefficient (Wildman–Crippen LogP) is 3.83. The number of nitrogens with one attached hydrogen (secondary N) is 3. The average molecular weight is 452 g/mol. The Morgan fingerprint density at radius 2 is 2.00 bits per heavy atom. The van der Waals surface area contributed by atoms with Crippen LogP contribution in [0.5, 0.6) is 0 Å². The second kappa shape index (κ2) is 9.78. The first kappa shape index (κ1) is 21.8. The summed E-state index contributed by atoms with van der Waals surface area (Å²) < 4.78 is 13.6. The van der Waals surface area contributed by atoms with Crippen molar-refractivity contribution in [3.8, 4) is 11.1 Å². The van der Waals surface area contributed by atoms with Crippen LogP contribution in [0.25, 0.3) is 11.1 Å². The molecule has 1 amide bonds. The lowest BCUT2D eigenvalue weighted by Gasteiger charge is -2.13. The summed E-state index contributed by atoms with van der Waals surface area (Å²) in [7, 11) is 0. The fourth-order valence-electron chi connectivity index (χ4n) is 3.55. The van der Waals surface area contributed by atoms with Crippen molar-refractivity contribution < 1.29 is 9.18 Å². The molecule has 0 spiro atoms. The van der Waals surface area contributed by atoms with Gasteiger partial charge >= 0.3 is 0 Å². The van der Waals surface area contributed by atoms with Gasteiger partial charge in [0.2, 0.25) is 0 Å². The van der Waals surface area contributed by atoms with Crippen LogP contribution in [0.4, 0.5) is 4.39 Å². The number of pyridine rings is 1. The van der Waals surface area contributed by atoms with E-state index in [4.69, 9.17) is 11.6 Å². The number of carbonyl (C=O) groups is 1. The predicted molar refractivity (Wildman–Crippen MR) is 124 cm³/mol. The molecule has 1 aliphatic rings. The average Bonchev–Trinajstić information content (AvgIpc) is 3.29. The third kappa shape index (κ3) is 5.42. The number of aliphatic imine (C=N–C) groups is 1. The van der Waals surface area contributed by atoms with Crippen LogP contribution < -0.4 is 16.0 Å². The molecule has 0 atom stereocenters. The van der Waals surface area contributed by atoms with Crippen LogP contribution in [0.2, 0.25) is 5.02 Å². The number of rotatable bonds is 6. The molecule has 0 bridgehead atoms. The maximum absolute atomic E-state index is 13.6. The number of halogens is 2. The molecule has 2 aromatic carbocycles. The van der Waals surface area contributed by atoms with Crippen molar-refractivity contribution in [2.24, 2.45) is 4.99 Å². The molecule has 0 aliphatic carbocycles. The molecule has 3 N–H and O–H groups in total. The van der Waals surface area contributed by atoms with Gasteiger partial charge in [0.25, 0.3) is 5.91 Å². The minimum atomic E-state index is -0.437. The highest BCUT2D eigenvalue weighted by Gasteiger charge is 2.13. The van der Waals surface area contributed by atoms with Gasteiger partial charge < -0.3 is 16.0 Å². The Morgan fingerprint density at radius 3 is 2.75 bits per heavy atom. The number of guanidine groups is 1. The van der Waals surface area contributed by atoms with E-state index >= 15 is 0 Å². The van der Waals surface area contributed by atoms with Crippen molar-refractivity contribution in [2.75, 3.05) is 13.1 Å². The maximum atomic E-state index is 13.6. The molecule has 32 heavy (non-hydrogen) atoms. The monoisotopic (exact) mass is 451 g/mol. The number of amides is 1. The number of nitrogens with zero attached hydrogens (tertiary/aromatic N) is 2. The zero-order valence-electron chi connectivity index (χ0n) is 17.6. The van der Waals surface area contributed by atoms with E-state index in [1.54, 1.807) is 18.5 Å². The van der Waals surface area contributed by atoms with E-state index in [9.17, 15) is 9.18 Å². The molecule has 0 unspecified atom stereocenters.